The monoisotopic (exact) mass is 346 g/mol. The lowest BCUT2D eigenvalue weighted by Gasteiger charge is -2.05. The molecular weight excluding hydrogens is 328 g/mol. The first kappa shape index (κ1) is 16.0. The van der Waals surface area contributed by atoms with Gasteiger partial charge in [0.1, 0.15) is 11.2 Å². The summed E-state index contributed by atoms with van der Waals surface area (Å²) < 4.78 is 3.54. The zero-order valence-corrected chi connectivity index (χ0v) is 14.5. The molecule has 4 aromatic rings. The van der Waals surface area contributed by atoms with Gasteiger partial charge in [0.25, 0.3) is 5.56 Å². The minimum absolute atomic E-state index is 0.125. The zero-order chi connectivity index (χ0) is 18.1. The van der Waals surface area contributed by atoms with E-state index < -0.39 is 0 Å². The molecule has 0 atom stereocenters. The molecule has 4 rings (SSSR count). The van der Waals surface area contributed by atoms with Crippen molar-refractivity contribution in [3.05, 3.63) is 70.7 Å². The van der Waals surface area contributed by atoms with Crippen LogP contribution in [0.4, 0.5) is 0 Å². The Bertz CT molecular complexity index is 1130. The van der Waals surface area contributed by atoms with E-state index in [4.69, 9.17) is 0 Å². The van der Waals surface area contributed by atoms with Gasteiger partial charge in [0.05, 0.1) is 17.6 Å². The second-order valence-electron chi connectivity index (χ2n) is 6.23. The van der Waals surface area contributed by atoms with Gasteiger partial charge in [-0.2, -0.15) is 10.2 Å². The molecule has 26 heavy (non-hydrogen) atoms. The van der Waals surface area contributed by atoms with Gasteiger partial charge in [0.2, 0.25) is 0 Å². The summed E-state index contributed by atoms with van der Waals surface area (Å²) in [7, 11) is 0. The number of para-hydroxylation sites is 1. The Morgan fingerprint density at radius 2 is 1.92 bits per heavy atom. The van der Waals surface area contributed by atoms with Crippen molar-refractivity contribution in [2.45, 2.75) is 19.9 Å². The van der Waals surface area contributed by atoms with E-state index in [1.165, 1.54) is 0 Å². The van der Waals surface area contributed by atoms with Gasteiger partial charge in [-0.15, -0.1) is 0 Å². The third-order valence-corrected chi connectivity index (χ3v) is 4.01. The predicted octanol–water partition coefficient (Wildman–Crippen LogP) is 3.06. The number of benzene rings is 1. The summed E-state index contributed by atoms with van der Waals surface area (Å²) >= 11 is 0. The van der Waals surface area contributed by atoms with Crippen molar-refractivity contribution in [1.82, 2.24) is 29.5 Å². The molecule has 3 aromatic heterocycles. The van der Waals surface area contributed by atoms with Gasteiger partial charge >= 0.3 is 0 Å². The number of nitrogens with zero attached hydrogens (tertiary/aromatic N) is 5. The quantitative estimate of drug-likeness (QED) is 0.616. The lowest BCUT2D eigenvalue weighted by atomic mass is 10.3. The molecule has 0 fully saturated rings. The van der Waals surface area contributed by atoms with E-state index >= 15 is 0 Å². The molecule has 130 valence electrons. The van der Waals surface area contributed by atoms with Crippen LogP contribution in [-0.4, -0.2) is 29.5 Å². The summed E-state index contributed by atoms with van der Waals surface area (Å²) in [5.41, 5.74) is 2.14. The molecule has 7 heteroatoms. The Morgan fingerprint density at radius 1 is 1.12 bits per heavy atom. The molecule has 0 amide bonds. The van der Waals surface area contributed by atoms with Crippen LogP contribution in [0.25, 0.3) is 28.9 Å². The van der Waals surface area contributed by atoms with Crippen LogP contribution in [0.2, 0.25) is 0 Å². The predicted molar refractivity (Wildman–Crippen MR) is 101 cm³/mol. The topological polar surface area (TPSA) is 81.4 Å². The number of hydrogen-bond donors (Lipinski definition) is 1. The number of fused-ring (bicyclic) bond motifs is 1. The van der Waals surface area contributed by atoms with Crippen LogP contribution in [-0.2, 0) is 0 Å². The van der Waals surface area contributed by atoms with Crippen LogP contribution in [0.15, 0.2) is 53.6 Å². The lowest BCUT2D eigenvalue weighted by molar-refractivity contribution is 0.546. The Labute approximate surface area is 149 Å². The molecule has 0 saturated heterocycles. The SMILES string of the molecule is CC(C)n1ncc2c(=O)[nH]c(C=Cc3ccn(-c4ccccc4)n3)nc21. The summed E-state index contributed by atoms with van der Waals surface area (Å²) in [4.78, 5) is 19.5. The maximum absolute atomic E-state index is 12.2. The highest BCUT2D eigenvalue weighted by Crippen LogP contribution is 2.13. The van der Waals surface area contributed by atoms with Crippen molar-refractivity contribution >= 4 is 23.2 Å². The average Bonchev–Trinajstić information content (AvgIpc) is 3.28. The minimum Gasteiger partial charge on any atom is -0.306 e. The van der Waals surface area contributed by atoms with E-state index in [0.29, 0.717) is 16.9 Å². The van der Waals surface area contributed by atoms with Crippen molar-refractivity contribution < 1.29 is 0 Å². The van der Waals surface area contributed by atoms with E-state index in [1.54, 1.807) is 21.6 Å². The summed E-state index contributed by atoms with van der Waals surface area (Å²) in [6.45, 7) is 4.00. The molecule has 0 aliphatic carbocycles. The zero-order valence-electron chi connectivity index (χ0n) is 14.5. The van der Waals surface area contributed by atoms with E-state index in [1.807, 2.05) is 62.5 Å². The molecule has 7 nitrogen and oxygen atoms in total. The minimum atomic E-state index is -0.198. The highest BCUT2D eigenvalue weighted by molar-refractivity contribution is 5.75. The van der Waals surface area contributed by atoms with Crippen molar-refractivity contribution in [3.63, 3.8) is 0 Å². The maximum atomic E-state index is 12.2. The van der Waals surface area contributed by atoms with Crippen LogP contribution in [0, 0.1) is 0 Å². The summed E-state index contributed by atoms with van der Waals surface area (Å²) in [5, 5.41) is 9.24. The number of aromatic amines is 1. The maximum Gasteiger partial charge on any atom is 0.262 e. The first-order valence-corrected chi connectivity index (χ1v) is 8.38. The van der Waals surface area contributed by atoms with E-state index in [-0.39, 0.29) is 11.6 Å². The fourth-order valence-corrected chi connectivity index (χ4v) is 2.73. The normalized spacial score (nSPS) is 11.8. The van der Waals surface area contributed by atoms with Crippen molar-refractivity contribution in [1.29, 1.82) is 0 Å². The van der Waals surface area contributed by atoms with Crippen molar-refractivity contribution in [2.24, 2.45) is 0 Å². The first-order chi connectivity index (χ1) is 12.6. The highest BCUT2D eigenvalue weighted by Gasteiger charge is 2.11. The Morgan fingerprint density at radius 3 is 2.69 bits per heavy atom. The molecule has 0 saturated carbocycles. The Kier molecular flexibility index (Phi) is 3.96. The van der Waals surface area contributed by atoms with Crippen molar-refractivity contribution in [3.8, 4) is 5.69 Å². The Hall–Kier alpha value is -3.48. The van der Waals surface area contributed by atoms with Crippen LogP contribution in [0.3, 0.4) is 0 Å². The van der Waals surface area contributed by atoms with E-state index in [9.17, 15) is 4.79 Å². The van der Waals surface area contributed by atoms with E-state index in [0.717, 1.165) is 11.4 Å². The number of H-pyrrole nitrogens is 1. The molecule has 0 spiro atoms. The van der Waals surface area contributed by atoms with Crippen molar-refractivity contribution in [2.75, 3.05) is 0 Å². The molecule has 0 radical (unpaired) electrons. The third-order valence-electron chi connectivity index (χ3n) is 4.01. The van der Waals surface area contributed by atoms with Gasteiger partial charge in [-0.05, 0) is 44.2 Å². The smallest absolute Gasteiger partial charge is 0.262 e. The number of aromatic nitrogens is 6. The van der Waals surface area contributed by atoms with E-state index in [2.05, 4.69) is 20.2 Å². The van der Waals surface area contributed by atoms with Crippen LogP contribution in [0.1, 0.15) is 31.4 Å². The first-order valence-electron chi connectivity index (χ1n) is 8.38. The molecule has 0 aliphatic heterocycles. The third kappa shape index (κ3) is 2.95. The highest BCUT2D eigenvalue weighted by atomic mass is 16.1. The van der Waals surface area contributed by atoms with Gasteiger partial charge in [-0.1, -0.05) is 18.2 Å². The fraction of sp³-hybridized carbons (Fsp3) is 0.158. The van der Waals surface area contributed by atoms with Gasteiger partial charge in [-0.25, -0.2) is 14.3 Å². The number of hydrogen-bond acceptors (Lipinski definition) is 4. The largest absolute Gasteiger partial charge is 0.306 e. The molecule has 0 unspecified atom stereocenters. The van der Waals surface area contributed by atoms with Gasteiger partial charge in [0, 0.05) is 12.2 Å². The fourth-order valence-electron chi connectivity index (χ4n) is 2.73. The second kappa shape index (κ2) is 6.44. The lowest BCUT2D eigenvalue weighted by Crippen LogP contribution is -2.11. The van der Waals surface area contributed by atoms with Crippen LogP contribution >= 0.6 is 0 Å². The average molecular weight is 346 g/mol. The standard InChI is InChI=1S/C19H18N6O/c1-13(2)25-18-16(12-20-25)19(26)22-17(21-18)9-8-14-10-11-24(23-14)15-6-4-3-5-7-15/h3-13H,1-2H3,(H,21,22,26). The molecule has 0 aliphatic rings. The summed E-state index contributed by atoms with van der Waals surface area (Å²) in [6, 6.07) is 11.9. The van der Waals surface area contributed by atoms with Gasteiger partial charge in [0.15, 0.2) is 5.65 Å². The van der Waals surface area contributed by atoms with Crippen LogP contribution in [0.5, 0.6) is 0 Å². The Balaban J connectivity index is 1.66. The number of rotatable bonds is 4. The molecule has 1 aromatic carbocycles. The van der Waals surface area contributed by atoms with Crippen LogP contribution < -0.4 is 5.56 Å². The molecule has 1 N–H and O–H groups in total. The number of nitrogens with one attached hydrogen (secondary N) is 1. The molecule has 0 bridgehead atoms. The van der Waals surface area contributed by atoms with Gasteiger partial charge in [-0.3, -0.25) is 4.79 Å². The summed E-state index contributed by atoms with van der Waals surface area (Å²) in [5.74, 6) is 0.471. The summed E-state index contributed by atoms with van der Waals surface area (Å²) in [6.07, 6.45) is 7.01. The van der Waals surface area contributed by atoms with Gasteiger partial charge < -0.3 is 4.98 Å². The molecular formula is C19H18N6O. The second-order valence-corrected chi connectivity index (χ2v) is 6.23. The molecule has 3 heterocycles.